The zero-order valence-electron chi connectivity index (χ0n) is 9.25. The summed E-state index contributed by atoms with van der Waals surface area (Å²) < 4.78 is 27.6. The Morgan fingerprint density at radius 2 is 1.86 bits per heavy atom. The minimum Gasteiger partial charge on any atom is -0.384 e. The van der Waals surface area contributed by atoms with Gasteiger partial charge in [0.2, 0.25) is 0 Å². The van der Waals surface area contributed by atoms with Crippen molar-refractivity contribution >= 4 is 9.84 Å². The van der Waals surface area contributed by atoms with Crippen LogP contribution in [-0.4, -0.2) is 40.2 Å². The summed E-state index contributed by atoms with van der Waals surface area (Å²) in [7, 11) is -1.47. The molecule has 0 aliphatic rings. The second-order valence-electron chi connectivity index (χ2n) is 4.26. The van der Waals surface area contributed by atoms with Gasteiger partial charge in [-0.3, -0.25) is 0 Å². The predicted octanol–water partition coefficient (Wildman–Crippen LogP) is 0.423. The summed E-state index contributed by atoms with van der Waals surface area (Å²) in [6.07, 6.45) is 0.607. The highest BCUT2D eigenvalue weighted by Crippen LogP contribution is 2.18. The van der Waals surface area contributed by atoms with Crippen LogP contribution in [-0.2, 0) is 14.6 Å². The molecule has 4 nitrogen and oxygen atoms in total. The lowest BCUT2D eigenvalue weighted by atomic mass is 9.91. The van der Waals surface area contributed by atoms with Gasteiger partial charge in [-0.1, -0.05) is 13.8 Å². The van der Waals surface area contributed by atoms with Gasteiger partial charge in [0.25, 0.3) is 0 Å². The van der Waals surface area contributed by atoms with E-state index in [0.29, 0.717) is 13.0 Å². The molecular formula is C9H21NO3S. The Bertz CT molecular complexity index is 247. The summed E-state index contributed by atoms with van der Waals surface area (Å²) in [6.45, 7) is 4.72. The minimum atomic E-state index is -2.97. The Hall–Kier alpha value is -0.130. The second kappa shape index (κ2) is 5.68. The molecule has 0 aliphatic heterocycles. The van der Waals surface area contributed by atoms with E-state index in [1.807, 2.05) is 13.8 Å². The molecule has 0 aromatic heterocycles. The highest BCUT2D eigenvalue weighted by atomic mass is 32.2. The number of hydrogen-bond donors (Lipinski definition) is 1. The molecule has 0 spiro atoms. The number of nitrogens with two attached hydrogens (primary N) is 1. The summed E-state index contributed by atoms with van der Waals surface area (Å²) >= 11 is 0. The van der Waals surface area contributed by atoms with Crippen molar-refractivity contribution < 1.29 is 13.2 Å². The third-order valence-corrected chi connectivity index (χ3v) is 3.86. The lowest BCUT2D eigenvalue weighted by Crippen LogP contribution is -2.27. The van der Waals surface area contributed by atoms with Crippen molar-refractivity contribution in [2.75, 3.05) is 31.8 Å². The lowest BCUT2D eigenvalue weighted by molar-refractivity contribution is 0.217. The molecule has 0 atom stereocenters. The Kier molecular flexibility index (Phi) is 5.63. The number of hydrogen-bond acceptors (Lipinski definition) is 4. The maximum Gasteiger partial charge on any atom is 0.152 e. The van der Waals surface area contributed by atoms with Crippen LogP contribution in [0.3, 0.4) is 0 Å². The van der Waals surface area contributed by atoms with Gasteiger partial charge in [0.1, 0.15) is 0 Å². The molecule has 2 N–H and O–H groups in total. The van der Waals surface area contributed by atoms with Crippen LogP contribution in [0, 0.1) is 5.41 Å². The summed E-state index contributed by atoms with van der Waals surface area (Å²) in [6, 6.07) is 0. The van der Waals surface area contributed by atoms with Gasteiger partial charge in [0.05, 0.1) is 18.1 Å². The molecular weight excluding hydrogens is 202 g/mol. The van der Waals surface area contributed by atoms with E-state index in [1.54, 1.807) is 0 Å². The molecule has 0 saturated carbocycles. The van der Waals surface area contributed by atoms with E-state index in [0.717, 1.165) is 0 Å². The number of rotatable bonds is 7. The summed E-state index contributed by atoms with van der Waals surface area (Å²) in [4.78, 5) is 0. The van der Waals surface area contributed by atoms with Gasteiger partial charge >= 0.3 is 0 Å². The molecule has 0 aliphatic carbocycles. The van der Waals surface area contributed by atoms with Crippen molar-refractivity contribution in [2.45, 2.75) is 20.3 Å². The third kappa shape index (κ3) is 6.34. The molecule has 0 aromatic rings. The van der Waals surface area contributed by atoms with E-state index in [1.165, 1.54) is 7.11 Å². The SMILES string of the molecule is COCCS(=O)(=O)CCC(C)(C)CN. The van der Waals surface area contributed by atoms with Gasteiger partial charge in [-0.15, -0.1) is 0 Å². The zero-order valence-corrected chi connectivity index (χ0v) is 10.1. The monoisotopic (exact) mass is 223 g/mol. The first-order valence-electron chi connectivity index (χ1n) is 4.72. The fourth-order valence-corrected chi connectivity index (χ4v) is 2.33. The molecule has 14 heavy (non-hydrogen) atoms. The van der Waals surface area contributed by atoms with Crippen molar-refractivity contribution in [1.29, 1.82) is 0 Å². The van der Waals surface area contributed by atoms with Gasteiger partial charge in [0.15, 0.2) is 9.84 Å². The highest BCUT2D eigenvalue weighted by molar-refractivity contribution is 7.91. The Morgan fingerprint density at radius 1 is 1.29 bits per heavy atom. The Morgan fingerprint density at radius 3 is 2.29 bits per heavy atom. The van der Waals surface area contributed by atoms with Gasteiger partial charge in [-0.2, -0.15) is 0 Å². The fraction of sp³-hybridized carbons (Fsp3) is 1.00. The molecule has 0 fully saturated rings. The molecule has 0 radical (unpaired) electrons. The molecule has 0 unspecified atom stereocenters. The van der Waals surface area contributed by atoms with Gasteiger partial charge in [-0.05, 0) is 18.4 Å². The maximum atomic E-state index is 11.4. The van der Waals surface area contributed by atoms with E-state index in [2.05, 4.69) is 0 Å². The average Bonchev–Trinajstić information content (AvgIpc) is 2.12. The fourth-order valence-electron chi connectivity index (χ4n) is 0.846. The molecule has 0 rings (SSSR count). The van der Waals surface area contributed by atoms with Gasteiger partial charge in [0, 0.05) is 7.11 Å². The van der Waals surface area contributed by atoms with Crippen molar-refractivity contribution in [1.82, 2.24) is 0 Å². The van der Waals surface area contributed by atoms with Gasteiger partial charge in [-0.25, -0.2) is 8.42 Å². The third-order valence-electron chi connectivity index (χ3n) is 2.24. The van der Waals surface area contributed by atoms with E-state index < -0.39 is 9.84 Å². The van der Waals surface area contributed by atoms with Crippen LogP contribution in [0.5, 0.6) is 0 Å². The smallest absolute Gasteiger partial charge is 0.152 e. The van der Waals surface area contributed by atoms with Crippen LogP contribution in [0.25, 0.3) is 0 Å². The predicted molar refractivity (Wildman–Crippen MR) is 58.0 cm³/mol. The number of ether oxygens (including phenoxy) is 1. The Balaban J connectivity index is 4.00. The van der Waals surface area contributed by atoms with Gasteiger partial charge < -0.3 is 10.5 Å². The van der Waals surface area contributed by atoms with Crippen LogP contribution in [0.1, 0.15) is 20.3 Å². The zero-order chi connectivity index (χ0) is 11.2. The largest absolute Gasteiger partial charge is 0.384 e. The standard InChI is InChI=1S/C9H21NO3S/c1-9(2,8-10)4-6-14(11,12)7-5-13-3/h4-8,10H2,1-3H3. The van der Waals surface area contributed by atoms with E-state index in [-0.39, 0.29) is 23.5 Å². The molecule has 0 aromatic carbocycles. The summed E-state index contributed by atoms with van der Waals surface area (Å²) in [5.41, 5.74) is 5.42. The first kappa shape index (κ1) is 13.9. The normalized spacial score (nSPS) is 13.1. The number of methoxy groups -OCH3 is 1. The molecule has 86 valence electrons. The minimum absolute atomic E-state index is 0.0971. The van der Waals surface area contributed by atoms with Crippen molar-refractivity contribution in [2.24, 2.45) is 11.1 Å². The molecule has 0 saturated heterocycles. The molecule has 0 amide bonds. The molecule has 5 heteroatoms. The van der Waals surface area contributed by atoms with Crippen LogP contribution in [0.4, 0.5) is 0 Å². The topological polar surface area (TPSA) is 69.4 Å². The number of sulfone groups is 1. The van der Waals surface area contributed by atoms with Crippen LogP contribution in [0.2, 0.25) is 0 Å². The summed E-state index contributed by atoms with van der Waals surface area (Å²) in [5.74, 6) is 0.296. The molecule has 0 heterocycles. The van der Waals surface area contributed by atoms with Crippen molar-refractivity contribution in [3.05, 3.63) is 0 Å². The van der Waals surface area contributed by atoms with Crippen molar-refractivity contribution in [3.63, 3.8) is 0 Å². The van der Waals surface area contributed by atoms with E-state index >= 15 is 0 Å². The second-order valence-corrected chi connectivity index (χ2v) is 6.57. The quantitative estimate of drug-likeness (QED) is 0.679. The highest BCUT2D eigenvalue weighted by Gasteiger charge is 2.20. The van der Waals surface area contributed by atoms with Crippen LogP contribution >= 0.6 is 0 Å². The van der Waals surface area contributed by atoms with E-state index in [4.69, 9.17) is 10.5 Å². The first-order chi connectivity index (χ1) is 6.33. The van der Waals surface area contributed by atoms with E-state index in [9.17, 15) is 8.42 Å². The van der Waals surface area contributed by atoms with Crippen LogP contribution < -0.4 is 5.73 Å². The summed E-state index contributed by atoms with van der Waals surface area (Å²) in [5, 5.41) is 0. The van der Waals surface area contributed by atoms with Crippen molar-refractivity contribution in [3.8, 4) is 0 Å². The Labute approximate surface area is 86.7 Å². The first-order valence-corrected chi connectivity index (χ1v) is 6.54. The molecule has 0 bridgehead atoms. The lowest BCUT2D eigenvalue weighted by Gasteiger charge is -2.21. The average molecular weight is 223 g/mol. The maximum absolute atomic E-state index is 11.4. The van der Waals surface area contributed by atoms with Crippen LogP contribution in [0.15, 0.2) is 0 Å².